The monoisotopic (exact) mass is 462 g/mol. The average Bonchev–Trinajstić information content (AvgIpc) is 2.87. The van der Waals surface area contributed by atoms with Crippen molar-refractivity contribution in [3.8, 4) is 11.1 Å². The number of hydrogen-bond donors (Lipinski definition) is 3. The second-order valence-electron chi connectivity index (χ2n) is 8.78. The van der Waals surface area contributed by atoms with E-state index in [4.69, 9.17) is 0 Å². The maximum Gasteiger partial charge on any atom is 0.222 e. The Bertz CT molecular complexity index is 1080. The molecule has 34 heavy (non-hydrogen) atoms. The summed E-state index contributed by atoms with van der Waals surface area (Å²) in [7, 11) is 0. The third kappa shape index (κ3) is 5.67. The number of hydrogen-bond acceptors (Lipinski definition) is 8. The van der Waals surface area contributed by atoms with E-state index < -0.39 is 0 Å². The van der Waals surface area contributed by atoms with Crippen LogP contribution in [0.5, 0.6) is 0 Å². The van der Waals surface area contributed by atoms with Gasteiger partial charge >= 0.3 is 0 Å². The summed E-state index contributed by atoms with van der Waals surface area (Å²) in [5, 5.41) is 9.96. The molecule has 0 atom stereocenters. The summed E-state index contributed by atoms with van der Waals surface area (Å²) in [4.78, 5) is 18.1. The van der Waals surface area contributed by atoms with E-state index in [9.17, 15) is 0 Å². The Kier molecular flexibility index (Phi) is 7.23. The van der Waals surface area contributed by atoms with Crippen LogP contribution in [0.15, 0.2) is 48.9 Å². The molecule has 8 bridgehead atoms. The van der Waals surface area contributed by atoms with Crippen LogP contribution in [0.4, 0.5) is 21.8 Å². The highest BCUT2D eigenvalue weighted by atomic mass is 19.1. The number of piperazine rings is 1. The first kappa shape index (κ1) is 22.6. The zero-order valence-electron chi connectivity index (χ0n) is 19.3. The number of rotatable bonds is 0. The van der Waals surface area contributed by atoms with E-state index in [-0.39, 0.29) is 5.82 Å². The Balaban J connectivity index is 1.38. The van der Waals surface area contributed by atoms with Gasteiger partial charge in [0.25, 0.3) is 0 Å². The van der Waals surface area contributed by atoms with Gasteiger partial charge in [-0.2, -0.15) is 0 Å². The molecule has 2 aromatic heterocycles. The first-order chi connectivity index (χ1) is 16.7. The van der Waals surface area contributed by atoms with E-state index in [0.717, 1.165) is 69.9 Å². The number of pyridine rings is 1. The molecule has 0 amide bonds. The summed E-state index contributed by atoms with van der Waals surface area (Å²) in [6.07, 6.45) is 6.30. The molecule has 0 saturated carbocycles. The van der Waals surface area contributed by atoms with Crippen molar-refractivity contribution in [1.29, 1.82) is 0 Å². The van der Waals surface area contributed by atoms with Crippen molar-refractivity contribution in [2.24, 2.45) is 0 Å². The highest BCUT2D eigenvalue weighted by molar-refractivity contribution is 5.68. The maximum atomic E-state index is 15.3. The molecule has 0 radical (unpaired) electrons. The van der Waals surface area contributed by atoms with Crippen molar-refractivity contribution < 1.29 is 4.39 Å². The van der Waals surface area contributed by atoms with Gasteiger partial charge in [-0.25, -0.2) is 19.3 Å². The fourth-order valence-corrected chi connectivity index (χ4v) is 4.37. The molecule has 8 rings (SSSR count). The minimum absolute atomic E-state index is 0.224. The molecule has 0 spiro atoms. The van der Waals surface area contributed by atoms with Crippen LogP contribution in [0.2, 0.25) is 0 Å². The van der Waals surface area contributed by atoms with E-state index in [1.54, 1.807) is 24.7 Å². The molecule has 3 N–H and O–H groups in total. The van der Waals surface area contributed by atoms with Crippen molar-refractivity contribution >= 4 is 17.5 Å². The zero-order valence-corrected chi connectivity index (χ0v) is 19.3. The maximum absolute atomic E-state index is 15.3. The zero-order chi connectivity index (χ0) is 23.2. The molecule has 3 aromatic rings. The lowest BCUT2D eigenvalue weighted by Gasteiger charge is -2.34. The van der Waals surface area contributed by atoms with Gasteiger partial charge in [-0.15, -0.1) is 0 Å². The molecule has 1 aromatic carbocycles. The van der Waals surface area contributed by atoms with Crippen molar-refractivity contribution in [3.05, 3.63) is 60.3 Å². The van der Waals surface area contributed by atoms with E-state index in [1.807, 2.05) is 24.3 Å². The van der Waals surface area contributed by atoms with E-state index in [1.165, 1.54) is 0 Å². The Hall–Kier alpha value is -3.14. The molecule has 5 aliphatic rings. The van der Waals surface area contributed by atoms with Crippen LogP contribution in [0.25, 0.3) is 11.1 Å². The summed E-state index contributed by atoms with van der Waals surface area (Å²) in [5.74, 6) is 0.972. The first-order valence-corrected chi connectivity index (χ1v) is 12.0. The number of aromatic nitrogens is 3. The molecule has 1 fully saturated rings. The number of benzene rings is 1. The molecule has 7 heterocycles. The second kappa shape index (κ2) is 10.9. The Morgan fingerprint density at radius 3 is 2.50 bits per heavy atom. The summed E-state index contributed by atoms with van der Waals surface area (Å²) < 4.78 is 15.3. The molecular formula is C25H31FN8. The van der Waals surface area contributed by atoms with Gasteiger partial charge in [-0.3, -0.25) is 9.80 Å². The van der Waals surface area contributed by atoms with E-state index in [2.05, 4.69) is 40.7 Å². The number of anilines is 3. The van der Waals surface area contributed by atoms with Crippen LogP contribution in [0.1, 0.15) is 12.0 Å². The number of halogens is 1. The summed E-state index contributed by atoms with van der Waals surface area (Å²) in [6.45, 7) is 8.29. The van der Waals surface area contributed by atoms with Gasteiger partial charge in [0.15, 0.2) is 5.82 Å². The van der Waals surface area contributed by atoms with Crippen LogP contribution in [0.3, 0.4) is 0 Å². The largest absolute Gasteiger partial charge is 0.354 e. The van der Waals surface area contributed by atoms with Gasteiger partial charge < -0.3 is 16.0 Å². The lowest BCUT2D eigenvalue weighted by Crippen LogP contribution is -2.47. The molecule has 0 unspecified atom stereocenters. The quantitative estimate of drug-likeness (QED) is 0.471. The van der Waals surface area contributed by atoms with Crippen molar-refractivity contribution in [3.63, 3.8) is 0 Å². The van der Waals surface area contributed by atoms with Crippen molar-refractivity contribution in [2.45, 2.75) is 13.0 Å². The minimum atomic E-state index is -0.224. The van der Waals surface area contributed by atoms with E-state index >= 15 is 4.39 Å². The summed E-state index contributed by atoms with van der Waals surface area (Å²) in [6, 6.07) is 9.31. The minimum Gasteiger partial charge on any atom is -0.354 e. The Morgan fingerprint density at radius 2 is 1.65 bits per heavy atom. The van der Waals surface area contributed by atoms with Gasteiger partial charge in [-0.05, 0) is 36.7 Å². The van der Waals surface area contributed by atoms with Gasteiger partial charge in [0.05, 0.1) is 5.69 Å². The summed E-state index contributed by atoms with van der Waals surface area (Å²) in [5.41, 5.74) is 2.93. The number of nitrogens with one attached hydrogen (secondary N) is 3. The lowest BCUT2D eigenvalue weighted by molar-refractivity contribution is 0.127. The molecule has 0 aliphatic carbocycles. The molecule has 9 heteroatoms. The van der Waals surface area contributed by atoms with Crippen LogP contribution in [-0.2, 0) is 6.54 Å². The standard InChI is InChI=1S/C25H31FN8/c26-24-20-3-1-4-22(24)32-23-15-19(5-8-28-23)21-16-30-25(31-17-21)29-7-2-6-27-9-10-33-11-13-34(18-20)14-12-33/h1,3-5,8,15-17,27H,2,6-7,9-14,18H2,(H,28,32)(H,29,30,31). The van der Waals surface area contributed by atoms with Gasteiger partial charge in [0.2, 0.25) is 5.95 Å². The molecule has 178 valence electrons. The first-order valence-electron chi connectivity index (χ1n) is 12.0. The highest BCUT2D eigenvalue weighted by Gasteiger charge is 2.19. The van der Waals surface area contributed by atoms with Crippen molar-refractivity contribution in [2.75, 3.05) is 63.0 Å². The highest BCUT2D eigenvalue weighted by Crippen LogP contribution is 2.26. The Morgan fingerprint density at radius 1 is 0.824 bits per heavy atom. The SMILES string of the molecule is Fc1c2cccc1Nc1cc(ccn1)-c1cnc(nc1)NCCCNCCN1CCN(CC1)C2. The second-order valence-corrected chi connectivity index (χ2v) is 8.78. The normalized spacial score (nSPS) is 21.4. The fourth-order valence-electron chi connectivity index (χ4n) is 4.37. The molecular weight excluding hydrogens is 431 g/mol. The smallest absolute Gasteiger partial charge is 0.222 e. The molecule has 8 nitrogen and oxygen atoms in total. The van der Waals surface area contributed by atoms with Crippen LogP contribution < -0.4 is 16.0 Å². The third-order valence-corrected chi connectivity index (χ3v) is 6.36. The van der Waals surface area contributed by atoms with Crippen LogP contribution in [-0.4, -0.2) is 77.1 Å². The van der Waals surface area contributed by atoms with Gasteiger partial charge in [0, 0.05) is 82.1 Å². The van der Waals surface area contributed by atoms with E-state index in [0.29, 0.717) is 29.6 Å². The predicted molar refractivity (Wildman–Crippen MR) is 133 cm³/mol. The molecule has 1 saturated heterocycles. The Labute approximate surface area is 199 Å². The van der Waals surface area contributed by atoms with Gasteiger partial charge in [0.1, 0.15) is 5.82 Å². The van der Waals surface area contributed by atoms with Crippen LogP contribution in [0, 0.1) is 5.82 Å². The molecule has 5 aliphatic heterocycles. The number of nitrogens with zero attached hydrogens (tertiary/aromatic N) is 5. The fraction of sp³-hybridized carbons (Fsp3) is 0.400. The van der Waals surface area contributed by atoms with Gasteiger partial charge in [-0.1, -0.05) is 12.1 Å². The topological polar surface area (TPSA) is 81.2 Å². The summed E-state index contributed by atoms with van der Waals surface area (Å²) >= 11 is 0. The van der Waals surface area contributed by atoms with Crippen LogP contribution >= 0.6 is 0 Å². The predicted octanol–water partition coefficient (Wildman–Crippen LogP) is 2.94. The van der Waals surface area contributed by atoms with Crippen molar-refractivity contribution in [1.82, 2.24) is 30.1 Å². The average molecular weight is 463 g/mol. The lowest BCUT2D eigenvalue weighted by atomic mass is 10.1. The third-order valence-electron chi connectivity index (χ3n) is 6.36.